The molecule has 0 bridgehead atoms. The zero-order valence-corrected chi connectivity index (χ0v) is 19.5. The first-order valence-corrected chi connectivity index (χ1v) is 12.3. The first kappa shape index (κ1) is 23.3. The number of nitrogens with zero attached hydrogens (tertiary/aromatic N) is 1. The highest BCUT2D eigenvalue weighted by atomic mass is 16.5. The van der Waals surface area contributed by atoms with Gasteiger partial charge in [-0.05, 0) is 62.3 Å². The average molecular weight is 450 g/mol. The number of hydrogen-bond donors (Lipinski definition) is 2. The Balaban J connectivity index is 1.53. The average Bonchev–Trinajstić information content (AvgIpc) is 3.38. The third kappa shape index (κ3) is 5.93. The van der Waals surface area contributed by atoms with Gasteiger partial charge in [0.1, 0.15) is 0 Å². The van der Waals surface area contributed by atoms with Gasteiger partial charge in [-0.1, -0.05) is 37.3 Å². The summed E-state index contributed by atoms with van der Waals surface area (Å²) in [5.41, 5.74) is 3.20. The summed E-state index contributed by atoms with van der Waals surface area (Å²) in [6.45, 7) is 5.19. The number of rotatable bonds is 8. The smallest absolute Gasteiger partial charge is 0.253 e. The third-order valence-electron chi connectivity index (χ3n) is 6.65. The van der Waals surface area contributed by atoms with Crippen molar-refractivity contribution in [3.05, 3.63) is 59.7 Å². The number of amides is 2. The van der Waals surface area contributed by atoms with Crippen molar-refractivity contribution in [2.75, 3.05) is 36.5 Å². The van der Waals surface area contributed by atoms with Gasteiger partial charge < -0.3 is 20.3 Å². The van der Waals surface area contributed by atoms with Gasteiger partial charge in [-0.25, -0.2) is 0 Å². The van der Waals surface area contributed by atoms with Crippen LogP contribution in [-0.2, 0) is 9.53 Å². The Morgan fingerprint density at radius 1 is 1.06 bits per heavy atom. The summed E-state index contributed by atoms with van der Waals surface area (Å²) in [6.07, 6.45) is 6.30. The first-order valence-electron chi connectivity index (χ1n) is 12.3. The van der Waals surface area contributed by atoms with Crippen LogP contribution in [0.15, 0.2) is 48.5 Å². The van der Waals surface area contributed by atoms with E-state index in [1.54, 1.807) is 0 Å². The summed E-state index contributed by atoms with van der Waals surface area (Å²) in [6, 6.07) is 15.5. The largest absolute Gasteiger partial charge is 0.376 e. The second kappa shape index (κ2) is 11.3. The van der Waals surface area contributed by atoms with Crippen LogP contribution < -0.4 is 15.5 Å². The zero-order chi connectivity index (χ0) is 23.0. The molecule has 2 heterocycles. The lowest BCUT2D eigenvalue weighted by Crippen LogP contribution is -2.35. The zero-order valence-electron chi connectivity index (χ0n) is 19.5. The van der Waals surface area contributed by atoms with Gasteiger partial charge in [-0.2, -0.15) is 0 Å². The summed E-state index contributed by atoms with van der Waals surface area (Å²) >= 11 is 0. The van der Waals surface area contributed by atoms with E-state index in [2.05, 4.69) is 15.5 Å². The molecule has 2 atom stereocenters. The Hall–Kier alpha value is -2.86. The van der Waals surface area contributed by atoms with Gasteiger partial charge >= 0.3 is 0 Å². The van der Waals surface area contributed by atoms with Crippen LogP contribution in [0.4, 0.5) is 11.4 Å². The van der Waals surface area contributed by atoms with E-state index in [4.69, 9.17) is 4.74 Å². The molecule has 0 aliphatic carbocycles. The molecule has 2 aliphatic rings. The van der Waals surface area contributed by atoms with Gasteiger partial charge in [0.2, 0.25) is 5.91 Å². The predicted octanol–water partition coefficient (Wildman–Crippen LogP) is 4.72. The lowest BCUT2D eigenvalue weighted by molar-refractivity contribution is -0.117. The lowest BCUT2D eigenvalue weighted by atomic mass is 9.95. The second-order valence-corrected chi connectivity index (χ2v) is 8.99. The predicted molar refractivity (Wildman–Crippen MR) is 132 cm³/mol. The minimum absolute atomic E-state index is 0.0554. The van der Waals surface area contributed by atoms with Crippen molar-refractivity contribution in [1.29, 1.82) is 0 Å². The summed E-state index contributed by atoms with van der Waals surface area (Å²) in [5, 5.41) is 6.11. The lowest BCUT2D eigenvalue weighted by Gasteiger charge is -2.30. The molecular formula is C27H35N3O3. The molecule has 2 aliphatic heterocycles. The molecule has 2 fully saturated rings. The van der Waals surface area contributed by atoms with E-state index >= 15 is 0 Å². The Morgan fingerprint density at radius 3 is 2.55 bits per heavy atom. The fraction of sp³-hybridized carbons (Fsp3) is 0.481. The molecule has 2 aromatic rings. The van der Waals surface area contributed by atoms with E-state index in [0.717, 1.165) is 56.6 Å². The molecule has 2 aromatic carbocycles. The summed E-state index contributed by atoms with van der Waals surface area (Å²) < 4.78 is 5.66. The Labute approximate surface area is 196 Å². The van der Waals surface area contributed by atoms with Crippen molar-refractivity contribution in [3.8, 4) is 0 Å². The van der Waals surface area contributed by atoms with E-state index in [9.17, 15) is 9.59 Å². The second-order valence-electron chi connectivity index (χ2n) is 8.99. The molecule has 6 heteroatoms. The molecule has 2 saturated heterocycles. The number of nitrogens with one attached hydrogen (secondary N) is 2. The molecule has 2 unspecified atom stereocenters. The normalized spacial score (nSPS) is 19.2. The third-order valence-corrected chi connectivity index (χ3v) is 6.65. The van der Waals surface area contributed by atoms with Crippen molar-refractivity contribution in [2.24, 2.45) is 0 Å². The molecule has 176 valence electrons. The quantitative estimate of drug-likeness (QED) is 0.612. The Morgan fingerprint density at radius 2 is 1.85 bits per heavy atom. The standard InChI is InChI=1S/C27H35N3O3/c1-2-23(20-10-5-3-6-11-20)27(32)29-21-13-14-25(30-15-7-4-8-16-30)24(18-21)26(31)28-19-22-12-9-17-33-22/h3,5-6,10-11,13-14,18,22-23H,2,4,7-9,12,15-17,19H2,1H3,(H,28,31)(H,29,32). The number of anilines is 2. The van der Waals surface area contributed by atoms with Gasteiger partial charge in [-0.3, -0.25) is 9.59 Å². The van der Waals surface area contributed by atoms with E-state index < -0.39 is 0 Å². The Kier molecular flexibility index (Phi) is 8.00. The van der Waals surface area contributed by atoms with Gasteiger partial charge in [0.15, 0.2) is 0 Å². The summed E-state index contributed by atoms with van der Waals surface area (Å²) in [7, 11) is 0. The van der Waals surface area contributed by atoms with Crippen molar-refractivity contribution in [3.63, 3.8) is 0 Å². The molecule has 4 rings (SSSR count). The fourth-order valence-electron chi connectivity index (χ4n) is 4.80. The molecule has 2 N–H and O–H groups in total. The molecule has 33 heavy (non-hydrogen) atoms. The van der Waals surface area contributed by atoms with Crippen LogP contribution in [0, 0.1) is 0 Å². The van der Waals surface area contributed by atoms with Crippen LogP contribution in [-0.4, -0.2) is 44.2 Å². The minimum atomic E-state index is -0.232. The van der Waals surface area contributed by atoms with E-state index in [1.807, 2.05) is 55.5 Å². The number of carbonyl (C=O) groups excluding carboxylic acids is 2. The molecule has 0 saturated carbocycles. The Bertz CT molecular complexity index is 935. The highest BCUT2D eigenvalue weighted by Crippen LogP contribution is 2.29. The fourth-order valence-corrected chi connectivity index (χ4v) is 4.80. The van der Waals surface area contributed by atoms with Gasteiger partial charge in [0.25, 0.3) is 5.91 Å². The maximum atomic E-state index is 13.2. The minimum Gasteiger partial charge on any atom is -0.376 e. The number of piperidine rings is 1. The first-order chi connectivity index (χ1) is 16.2. The number of benzene rings is 2. The van der Waals surface area contributed by atoms with E-state index in [-0.39, 0.29) is 23.8 Å². The topological polar surface area (TPSA) is 70.7 Å². The molecular weight excluding hydrogens is 414 g/mol. The van der Waals surface area contributed by atoms with Crippen LogP contribution in [0.2, 0.25) is 0 Å². The van der Waals surface area contributed by atoms with Crippen molar-refractivity contribution in [1.82, 2.24) is 5.32 Å². The SMILES string of the molecule is CCC(C(=O)Nc1ccc(N2CCCCC2)c(C(=O)NCC2CCCO2)c1)c1ccccc1. The molecule has 0 radical (unpaired) electrons. The van der Waals surface area contributed by atoms with Crippen molar-refractivity contribution >= 4 is 23.2 Å². The maximum absolute atomic E-state index is 13.2. The summed E-state index contributed by atoms with van der Waals surface area (Å²) in [4.78, 5) is 28.6. The van der Waals surface area contributed by atoms with Crippen molar-refractivity contribution in [2.45, 2.75) is 57.5 Å². The van der Waals surface area contributed by atoms with Crippen LogP contribution in [0.3, 0.4) is 0 Å². The highest BCUT2D eigenvalue weighted by Gasteiger charge is 2.23. The van der Waals surface area contributed by atoms with Crippen LogP contribution in [0.1, 0.15) is 67.3 Å². The number of ether oxygens (including phenoxy) is 1. The number of carbonyl (C=O) groups is 2. The summed E-state index contributed by atoms with van der Waals surface area (Å²) in [5.74, 6) is -0.401. The van der Waals surface area contributed by atoms with E-state index in [0.29, 0.717) is 24.2 Å². The molecule has 0 spiro atoms. The van der Waals surface area contributed by atoms with Crippen LogP contribution in [0.25, 0.3) is 0 Å². The monoisotopic (exact) mass is 449 g/mol. The van der Waals surface area contributed by atoms with E-state index in [1.165, 1.54) is 6.42 Å². The van der Waals surface area contributed by atoms with Crippen LogP contribution >= 0.6 is 0 Å². The number of hydrogen-bond acceptors (Lipinski definition) is 4. The highest BCUT2D eigenvalue weighted by molar-refractivity contribution is 6.03. The molecule has 0 aromatic heterocycles. The van der Waals surface area contributed by atoms with Gasteiger partial charge in [-0.15, -0.1) is 0 Å². The molecule has 2 amide bonds. The van der Waals surface area contributed by atoms with Gasteiger partial charge in [0, 0.05) is 37.6 Å². The van der Waals surface area contributed by atoms with Crippen LogP contribution in [0.5, 0.6) is 0 Å². The van der Waals surface area contributed by atoms with Gasteiger partial charge in [0.05, 0.1) is 17.6 Å². The maximum Gasteiger partial charge on any atom is 0.253 e. The molecule has 6 nitrogen and oxygen atoms in total. The van der Waals surface area contributed by atoms with Crippen molar-refractivity contribution < 1.29 is 14.3 Å².